The van der Waals surface area contributed by atoms with Crippen LogP contribution in [0.5, 0.6) is 0 Å². The number of hydrogen-bond donors (Lipinski definition) is 1. The smallest absolute Gasteiger partial charge is 0.106 e. The topological polar surface area (TPSA) is 24.9 Å². The van der Waals surface area contributed by atoms with Crippen LogP contribution in [0.4, 0.5) is 0 Å². The fraction of sp³-hybridized carbons (Fsp3) is 0.583. The van der Waals surface area contributed by atoms with Gasteiger partial charge in [0.1, 0.15) is 4.60 Å². The zero-order chi connectivity index (χ0) is 10.7. The molecule has 2 rings (SSSR count). The second kappa shape index (κ2) is 4.62. The number of hydrogen-bond acceptors (Lipinski definition) is 2. The van der Waals surface area contributed by atoms with Crippen LogP contribution in [-0.2, 0) is 6.54 Å². The Morgan fingerprint density at radius 1 is 1.40 bits per heavy atom. The van der Waals surface area contributed by atoms with Crippen molar-refractivity contribution in [1.82, 2.24) is 10.3 Å². The van der Waals surface area contributed by atoms with E-state index in [4.69, 9.17) is 0 Å². The maximum atomic E-state index is 4.42. The van der Waals surface area contributed by atoms with Gasteiger partial charge in [-0.05, 0) is 47.8 Å². The minimum absolute atomic E-state index is 0.337. The molecule has 0 radical (unpaired) electrons. The van der Waals surface area contributed by atoms with Gasteiger partial charge in [-0.2, -0.15) is 0 Å². The number of aromatic nitrogens is 1. The summed E-state index contributed by atoms with van der Waals surface area (Å²) in [5.41, 5.74) is 1.45. The molecule has 0 saturated heterocycles. The predicted molar refractivity (Wildman–Crippen MR) is 65.6 cm³/mol. The molecule has 0 bridgehead atoms. The maximum absolute atomic E-state index is 4.42. The Labute approximate surface area is 99.6 Å². The van der Waals surface area contributed by atoms with Gasteiger partial charge in [-0.15, -0.1) is 0 Å². The Morgan fingerprint density at radius 2 is 2.13 bits per heavy atom. The van der Waals surface area contributed by atoms with E-state index in [0.717, 1.165) is 16.8 Å². The summed E-state index contributed by atoms with van der Waals surface area (Å²) < 4.78 is 0.915. The van der Waals surface area contributed by atoms with Crippen molar-refractivity contribution in [3.8, 4) is 0 Å². The van der Waals surface area contributed by atoms with Crippen molar-refractivity contribution < 1.29 is 0 Å². The van der Waals surface area contributed by atoms with Crippen LogP contribution >= 0.6 is 15.9 Å². The number of rotatable bonds is 3. The fourth-order valence-electron chi connectivity index (χ4n) is 2.18. The molecular weight excluding hydrogens is 252 g/mol. The van der Waals surface area contributed by atoms with Crippen molar-refractivity contribution in [3.63, 3.8) is 0 Å². The van der Waals surface area contributed by atoms with E-state index in [2.05, 4.69) is 39.2 Å². The normalized spacial score (nSPS) is 19.3. The number of nitrogens with one attached hydrogen (secondary N) is 1. The molecule has 1 aliphatic carbocycles. The van der Waals surface area contributed by atoms with Crippen molar-refractivity contribution in [3.05, 3.63) is 28.5 Å². The van der Waals surface area contributed by atoms with Crippen LogP contribution in [-0.4, -0.2) is 10.5 Å². The van der Waals surface area contributed by atoms with Crippen LogP contribution in [0.2, 0.25) is 0 Å². The summed E-state index contributed by atoms with van der Waals surface area (Å²) in [5, 5.41) is 3.62. The van der Waals surface area contributed by atoms with E-state index in [-0.39, 0.29) is 0 Å². The molecule has 1 saturated carbocycles. The van der Waals surface area contributed by atoms with E-state index in [9.17, 15) is 0 Å². The Bertz CT molecular complexity index is 332. The lowest BCUT2D eigenvalue weighted by atomic mass is 10.0. The van der Waals surface area contributed by atoms with Gasteiger partial charge in [0.25, 0.3) is 0 Å². The minimum atomic E-state index is 0.337. The van der Waals surface area contributed by atoms with E-state index in [0.29, 0.717) is 5.54 Å². The summed E-state index contributed by atoms with van der Waals surface area (Å²) >= 11 is 3.39. The van der Waals surface area contributed by atoms with Crippen LogP contribution in [0.1, 0.15) is 38.3 Å². The first kappa shape index (κ1) is 11.1. The van der Waals surface area contributed by atoms with Crippen LogP contribution in [0.25, 0.3) is 0 Å². The molecular formula is C12H17BrN2. The molecule has 15 heavy (non-hydrogen) atoms. The van der Waals surface area contributed by atoms with Crippen molar-refractivity contribution in [2.75, 3.05) is 0 Å². The number of halogens is 1. The third-order valence-electron chi connectivity index (χ3n) is 3.18. The predicted octanol–water partition coefficient (Wildman–Crippen LogP) is 3.27. The van der Waals surface area contributed by atoms with Crippen molar-refractivity contribution in [2.45, 2.75) is 44.7 Å². The van der Waals surface area contributed by atoms with Crippen molar-refractivity contribution in [1.29, 1.82) is 0 Å². The van der Waals surface area contributed by atoms with Gasteiger partial charge in [-0.25, -0.2) is 4.98 Å². The molecule has 1 aliphatic rings. The molecule has 1 heterocycles. The first-order chi connectivity index (χ1) is 7.18. The van der Waals surface area contributed by atoms with Gasteiger partial charge in [-0.3, -0.25) is 0 Å². The molecule has 3 heteroatoms. The lowest BCUT2D eigenvalue weighted by Gasteiger charge is -2.25. The van der Waals surface area contributed by atoms with Gasteiger partial charge < -0.3 is 5.32 Å². The SMILES string of the molecule is CC1(NCc2cccc(Br)n2)CCCC1. The van der Waals surface area contributed by atoms with Crippen LogP contribution in [0.3, 0.4) is 0 Å². The van der Waals surface area contributed by atoms with Gasteiger partial charge in [-0.1, -0.05) is 18.9 Å². The summed E-state index contributed by atoms with van der Waals surface area (Å²) in [7, 11) is 0. The highest BCUT2D eigenvalue weighted by Gasteiger charge is 2.27. The molecule has 0 atom stereocenters. The summed E-state index contributed by atoms with van der Waals surface area (Å²) in [6.45, 7) is 3.19. The highest BCUT2D eigenvalue weighted by Crippen LogP contribution is 2.29. The molecule has 1 aromatic heterocycles. The molecule has 1 fully saturated rings. The molecule has 1 aromatic rings. The highest BCUT2D eigenvalue weighted by atomic mass is 79.9. The lowest BCUT2D eigenvalue weighted by Crippen LogP contribution is -2.38. The van der Waals surface area contributed by atoms with E-state index in [1.807, 2.05) is 12.1 Å². The maximum Gasteiger partial charge on any atom is 0.106 e. The first-order valence-electron chi connectivity index (χ1n) is 5.54. The molecule has 1 N–H and O–H groups in total. The monoisotopic (exact) mass is 268 g/mol. The van der Waals surface area contributed by atoms with Gasteiger partial charge in [0.05, 0.1) is 5.69 Å². The quantitative estimate of drug-likeness (QED) is 0.852. The van der Waals surface area contributed by atoms with E-state index in [1.165, 1.54) is 25.7 Å². The minimum Gasteiger partial charge on any atom is -0.306 e. The average Bonchev–Trinajstić information content (AvgIpc) is 2.63. The molecule has 0 spiro atoms. The average molecular weight is 269 g/mol. The Hall–Kier alpha value is -0.410. The van der Waals surface area contributed by atoms with E-state index >= 15 is 0 Å². The third kappa shape index (κ3) is 3.02. The van der Waals surface area contributed by atoms with Gasteiger partial charge in [0.15, 0.2) is 0 Å². The third-order valence-corrected chi connectivity index (χ3v) is 3.62. The second-order valence-electron chi connectivity index (χ2n) is 4.57. The molecule has 0 amide bonds. The van der Waals surface area contributed by atoms with Crippen LogP contribution in [0, 0.1) is 0 Å². The molecule has 0 aromatic carbocycles. The standard InChI is InChI=1S/C12H17BrN2/c1-12(7-2-3-8-12)14-9-10-5-4-6-11(13)15-10/h4-6,14H,2-3,7-9H2,1H3. The highest BCUT2D eigenvalue weighted by molar-refractivity contribution is 9.10. The number of nitrogens with zero attached hydrogens (tertiary/aromatic N) is 1. The molecule has 82 valence electrons. The van der Waals surface area contributed by atoms with E-state index in [1.54, 1.807) is 0 Å². The second-order valence-corrected chi connectivity index (χ2v) is 5.39. The van der Waals surface area contributed by atoms with Gasteiger partial charge in [0.2, 0.25) is 0 Å². The molecule has 0 unspecified atom stereocenters. The fourth-order valence-corrected chi connectivity index (χ4v) is 2.57. The van der Waals surface area contributed by atoms with Crippen LogP contribution in [0.15, 0.2) is 22.8 Å². The summed E-state index contributed by atoms with van der Waals surface area (Å²) in [6.07, 6.45) is 5.30. The van der Waals surface area contributed by atoms with E-state index < -0.39 is 0 Å². The Balaban J connectivity index is 1.92. The first-order valence-corrected chi connectivity index (χ1v) is 6.34. The molecule has 0 aliphatic heterocycles. The molecule has 2 nitrogen and oxygen atoms in total. The Morgan fingerprint density at radius 3 is 2.80 bits per heavy atom. The van der Waals surface area contributed by atoms with Crippen molar-refractivity contribution in [2.24, 2.45) is 0 Å². The zero-order valence-corrected chi connectivity index (χ0v) is 10.7. The lowest BCUT2D eigenvalue weighted by molar-refractivity contribution is 0.360. The van der Waals surface area contributed by atoms with Crippen molar-refractivity contribution >= 4 is 15.9 Å². The Kier molecular flexibility index (Phi) is 3.42. The van der Waals surface area contributed by atoms with Crippen LogP contribution < -0.4 is 5.32 Å². The van der Waals surface area contributed by atoms with Gasteiger partial charge in [0, 0.05) is 12.1 Å². The summed E-state index contributed by atoms with van der Waals surface area (Å²) in [4.78, 5) is 4.42. The largest absolute Gasteiger partial charge is 0.306 e. The summed E-state index contributed by atoms with van der Waals surface area (Å²) in [6, 6.07) is 6.06. The summed E-state index contributed by atoms with van der Waals surface area (Å²) in [5.74, 6) is 0. The number of pyridine rings is 1. The van der Waals surface area contributed by atoms with Gasteiger partial charge >= 0.3 is 0 Å². The zero-order valence-electron chi connectivity index (χ0n) is 9.09.